The largest absolute Gasteiger partial charge is 0.474 e. The highest BCUT2D eigenvalue weighted by Crippen LogP contribution is 2.21. The van der Waals surface area contributed by atoms with Crippen LogP contribution in [0.3, 0.4) is 0 Å². The molecule has 30 heavy (non-hydrogen) atoms. The van der Waals surface area contributed by atoms with Crippen molar-refractivity contribution in [3.8, 4) is 5.88 Å². The zero-order valence-corrected chi connectivity index (χ0v) is 19.8. The SMILES string of the molecule is CN=C(NCc1ccnc(OC2CCOCC2)c1)NC1CCc2ccccc2C1.I. The number of guanidine groups is 1. The van der Waals surface area contributed by atoms with Crippen LogP contribution in [0, 0.1) is 0 Å². The van der Waals surface area contributed by atoms with E-state index >= 15 is 0 Å². The summed E-state index contributed by atoms with van der Waals surface area (Å²) in [5.41, 5.74) is 4.04. The number of pyridine rings is 1. The summed E-state index contributed by atoms with van der Waals surface area (Å²) in [6.45, 7) is 2.20. The monoisotopic (exact) mass is 522 g/mol. The minimum Gasteiger partial charge on any atom is -0.474 e. The van der Waals surface area contributed by atoms with E-state index in [-0.39, 0.29) is 30.1 Å². The van der Waals surface area contributed by atoms with Crippen LogP contribution in [0.4, 0.5) is 0 Å². The summed E-state index contributed by atoms with van der Waals surface area (Å²) in [6.07, 6.45) is 7.12. The number of aromatic nitrogens is 1. The third-order valence-electron chi connectivity index (χ3n) is 5.63. The molecule has 1 aliphatic carbocycles. The Kier molecular flexibility index (Phi) is 8.74. The highest BCUT2D eigenvalue weighted by Gasteiger charge is 2.19. The molecule has 162 valence electrons. The predicted molar refractivity (Wildman–Crippen MR) is 130 cm³/mol. The van der Waals surface area contributed by atoms with Crippen LogP contribution in [0.1, 0.15) is 36.0 Å². The Hall–Kier alpha value is -1.87. The van der Waals surface area contributed by atoms with E-state index in [0.29, 0.717) is 18.5 Å². The lowest BCUT2D eigenvalue weighted by Gasteiger charge is -2.27. The van der Waals surface area contributed by atoms with Gasteiger partial charge in [0.1, 0.15) is 6.10 Å². The van der Waals surface area contributed by atoms with Crippen molar-refractivity contribution in [1.29, 1.82) is 0 Å². The molecule has 2 aliphatic rings. The summed E-state index contributed by atoms with van der Waals surface area (Å²) in [4.78, 5) is 8.76. The summed E-state index contributed by atoms with van der Waals surface area (Å²) >= 11 is 0. The van der Waals surface area contributed by atoms with Crippen molar-refractivity contribution >= 4 is 29.9 Å². The highest BCUT2D eigenvalue weighted by atomic mass is 127. The molecule has 4 rings (SSSR count). The van der Waals surface area contributed by atoms with Crippen LogP contribution in [-0.2, 0) is 24.1 Å². The third kappa shape index (κ3) is 6.31. The number of hydrogen-bond donors (Lipinski definition) is 2. The van der Waals surface area contributed by atoms with E-state index in [2.05, 4.69) is 44.9 Å². The van der Waals surface area contributed by atoms with Crippen LogP contribution < -0.4 is 15.4 Å². The van der Waals surface area contributed by atoms with Crippen LogP contribution in [-0.4, -0.2) is 43.4 Å². The summed E-state index contributed by atoms with van der Waals surface area (Å²) in [5, 5.41) is 7.00. The van der Waals surface area contributed by atoms with E-state index in [1.54, 1.807) is 6.20 Å². The topological polar surface area (TPSA) is 67.8 Å². The fourth-order valence-corrected chi connectivity index (χ4v) is 3.98. The number of benzene rings is 1. The first-order chi connectivity index (χ1) is 14.3. The number of hydrogen-bond acceptors (Lipinski definition) is 4. The first-order valence-electron chi connectivity index (χ1n) is 10.5. The maximum absolute atomic E-state index is 6.02. The Morgan fingerprint density at radius 1 is 1.17 bits per heavy atom. The van der Waals surface area contributed by atoms with E-state index in [1.807, 2.05) is 19.2 Å². The first-order valence-corrected chi connectivity index (χ1v) is 10.5. The van der Waals surface area contributed by atoms with E-state index in [9.17, 15) is 0 Å². The van der Waals surface area contributed by atoms with Gasteiger partial charge in [-0.25, -0.2) is 4.98 Å². The molecule has 1 aromatic carbocycles. The molecule has 1 unspecified atom stereocenters. The van der Waals surface area contributed by atoms with Crippen molar-refractivity contribution in [2.24, 2.45) is 4.99 Å². The number of fused-ring (bicyclic) bond motifs is 1. The van der Waals surface area contributed by atoms with Crippen molar-refractivity contribution < 1.29 is 9.47 Å². The van der Waals surface area contributed by atoms with Gasteiger partial charge in [0.15, 0.2) is 5.96 Å². The van der Waals surface area contributed by atoms with Gasteiger partial charge in [0, 0.05) is 44.7 Å². The van der Waals surface area contributed by atoms with E-state index in [0.717, 1.165) is 56.8 Å². The lowest BCUT2D eigenvalue weighted by Crippen LogP contribution is -2.45. The maximum atomic E-state index is 6.02. The van der Waals surface area contributed by atoms with Crippen LogP contribution in [0.25, 0.3) is 0 Å². The predicted octanol–water partition coefficient (Wildman–Crippen LogP) is 3.48. The number of nitrogens with zero attached hydrogens (tertiary/aromatic N) is 2. The van der Waals surface area contributed by atoms with Gasteiger partial charge in [0.05, 0.1) is 13.2 Å². The number of halogens is 1. The average molecular weight is 522 g/mol. The molecule has 0 radical (unpaired) electrons. The second-order valence-corrected chi connectivity index (χ2v) is 7.71. The fraction of sp³-hybridized carbons (Fsp3) is 0.478. The number of nitrogens with one attached hydrogen (secondary N) is 2. The zero-order chi connectivity index (χ0) is 19.9. The summed E-state index contributed by atoms with van der Waals surface area (Å²) in [5.74, 6) is 1.51. The van der Waals surface area contributed by atoms with Gasteiger partial charge in [-0.05, 0) is 42.0 Å². The molecule has 6 nitrogen and oxygen atoms in total. The average Bonchev–Trinajstić information content (AvgIpc) is 2.77. The molecule has 0 bridgehead atoms. The molecule has 1 aromatic heterocycles. The molecule has 0 spiro atoms. The third-order valence-corrected chi connectivity index (χ3v) is 5.63. The van der Waals surface area contributed by atoms with Crippen LogP contribution in [0.15, 0.2) is 47.6 Å². The molecular weight excluding hydrogens is 491 g/mol. The second-order valence-electron chi connectivity index (χ2n) is 7.71. The fourth-order valence-electron chi connectivity index (χ4n) is 3.98. The van der Waals surface area contributed by atoms with Crippen molar-refractivity contribution in [2.75, 3.05) is 20.3 Å². The standard InChI is InChI=1S/C23H30N4O2.HI/c1-24-23(27-20-7-6-18-4-2-3-5-19(18)15-20)26-16-17-8-11-25-22(14-17)29-21-9-12-28-13-10-21;/h2-5,8,11,14,20-21H,6-7,9-10,12-13,15-16H2,1H3,(H2,24,26,27);1H. The quantitative estimate of drug-likeness (QED) is 0.358. The number of aryl methyl sites for hydroxylation is 1. The molecule has 1 atom stereocenters. The molecule has 7 heteroatoms. The van der Waals surface area contributed by atoms with Crippen LogP contribution in [0.2, 0.25) is 0 Å². The van der Waals surface area contributed by atoms with Gasteiger partial charge in [0.25, 0.3) is 0 Å². The summed E-state index contributed by atoms with van der Waals surface area (Å²) < 4.78 is 11.4. The lowest BCUT2D eigenvalue weighted by molar-refractivity contribution is 0.0237. The molecule has 1 fully saturated rings. The smallest absolute Gasteiger partial charge is 0.213 e. The highest BCUT2D eigenvalue weighted by molar-refractivity contribution is 14.0. The van der Waals surface area contributed by atoms with Gasteiger partial charge < -0.3 is 20.1 Å². The Morgan fingerprint density at radius 2 is 1.97 bits per heavy atom. The van der Waals surface area contributed by atoms with Gasteiger partial charge in [-0.1, -0.05) is 24.3 Å². The maximum Gasteiger partial charge on any atom is 0.213 e. The van der Waals surface area contributed by atoms with Crippen molar-refractivity contribution in [1.82, 2.24) is 15.6 Å². The Morgan fingerprint density at radius 3 is 2.77 bits per heavy atom. The molecule has 0 saturated carbocycles. The summed E-state index contributed by atoms with van der Waals surface area (Å²) in [6, 6.07) is 13.1. The molecular formula is C23H31IN4O2. The normalized spacial score (nSPS) is 19.4. The van der Waals surface area contributed by atoms with E-state index < -0.39 is 0 Å². The van der Waals surface area contributed by atoms with E-state index in [4.69, 9.17) is 9.47 Å². The molecule has 2 N–H and O–H groups in total. The summed E-state index contributed by atoms with van der Waals surface area (Å²) in [7, 11) is 1.82. The first kappa shape index (κ1) is 22.8. The number of ether oxygens (including phenoxy) is 2. The molecule has 1 saturated heterocycles. The van der Waals surface area contributed by atoms with Crippen molar-refractivity contribution in [2.45, 2.75) is 50.8 Å². The molecule has 1 aliphatic heterocycles. The van der Waals surface area contributed by atoms with Gasteiger partial charge in [-0.15, -0.1) is 24.0 Å². The molecule has 0 amide bonds. The van der Waals surface area contributed by atoms with Crippen LogP contribution in [0.5, 0.6) is 5.88 Å². The minimum absolute atomic E-state index is 0. The molecule has 2 heterocycles. The number of rotatable bonds is 5. The van der Waals surface area contributed by atoms with Crippen molar-refractivity contribution in [3.05, 3.63) is 59.3 Å². The van der Waals surface area contributed by atoms with Crippen LogP contribution >= 0.6 is 24.0 Å². The minimum atomic E-state index is 0. The van der Waals surface area contributed by atoms with Crippen molar-refractivity contribution in [3.63, 3.8) is 0 Å². The van der Waals surface area contributed by atoms with Gasteiger partial charge in [-0.2, -0.15) is 0 Å². The van der Waals surface area contributed by atoms with Gasteiger partial charge in [0.2, 0.25) is 5.88 Å². The second kappa shape index (κ2) is 11.5. The van der Waals surface area contributed by atoms with Gasteiger partial charge in [-0.3, -0.25) is 4.99 Å². The Bertz CT molecular complexity index is 839. The Labute approximate surface area is 195 Å². The number of aliphatic imine (C=N–C) groups is 1. The lowest BCUT2D eigenvalue weighted by atomic mass is 9.88. The van der Waals surface area contributed by atoms with E-state index in [1.165, 1.54) is 11.1 Å². The van der Waals surface area contributed by atoms with Gasteiger partial charge >= 0.3 is 0 Å². The molecule has 2 aromatic rings. The Balaban J connectivity index is 0.00000256. The zero-order valence-electron chi connectivity index (χ0n) is 17.5.